The molecule has 2 atom stereocenters. The van der Waals surface area contributed by atoms with E-state index in [1.807, 2.05) is 6.08 Å². The topological polar surface area (TPSA) is 29.5 Å². The Morgan fingerprint density at radius 3 is 2.88 bits per heavy atom. The van der Waals surface area contributed by atoms with E-state index in [1.54, 1.807) is 19.1 Å². The Hall–Kier alpha value is -1.35. The van der Waals surface area contributed by atoms with Crippen molar-refractivity contribution in [3.05, 3.63) is 41.7 Å². The van der Waals surface area contributed by atoms with Crippen LogP contribution in [0.5, 0.6) is 5.75 Å². The zero-order chi connectivity index (χ0) is 12.3. The lowest BCUT2D eigenvalue weighted by molar-refractivity contribution is 0.197. The van der Waals surface area contributed by atoms with Crippen molar-refractivity contribution in [3.8, 4) is 5.75 Å². The molecule has 1 aliphatic carbocycles. The van der Waals surface area contributed by atoms with E-state index in [2.05, 4.69) is 6.08 Å². The van der Waals surface area contributed by atoms with Crippen LogP contribution in [-0.4, -0.2) is 11.2 Å². The second-order valence-electron chi connectivity index (χ2n) is 4.38. The maximum atomic E-state index is 13.7. The van der Waals surface area contributed by atoms with Crippen molar-refractivity contribution < 1.29 is 14.2 Å². The van der Waals surface area contributed by atoms with E-state index in [0.717, 1.165) is 19.3 Å². The average Bonchev–Trinajstić information content (AvgIpc) is 2.33. The predicted octanol–water partition coefficient (Wildman–Crippen LogP) is 3.37. The third-order valence-electron chi connectivity index (χ3n) is 2.93. The largest absolute Gasteiger partial charge is 0.483 e. The molecule has 0 fully saturated rings. The van der Waals surface area contributed by atoms with Crippen molar-refractivity contribution in [1.82, 2.24) is 0 Å². The summed E-state index contributed by atoms with van der Waals surface area (Å²) in [6.07, 6.45) is 6.43. The van der Waals surface area contributed by atoms with Crippen molar-refractivity contribution in [2.45, 2.75) is 38.4 Å². The summed E-state index contributed by atoms with van der Waals surface area (Å²) >= 11 is 0. The van der Waals surface area contributed by atoms with Crippen LogP contribution in [0.3, 0.4) is 0 Å². The Labute approximate surface area is 101 Å². The Morgan fingerprint density at radius 2 is 2.29 bits per heavy atom. The second kappa shape index (κ2) is 5.32. The van der Waals surface area contributed by atoms with Crippen molar-refractivity contribution in [2.75, 3.05) is 0 Å². The molecular formula is C14H17FO2. The van der Waals surface area contributed by atoms with Gasteiger partial charge < -0.3 is 9.84 Å². The fourth-order valence-electron chi connectivity index (χ4n) is 1.91. The molecule has 0 saturated heterocycles. The molecule has 1 aliphatic rings. The van der Waals surface area contributed by atoms with E-state index in [9.17, 15) is 9.50 Å². The summed E-state index contributed by atoms with van der Waals surface area (Å²) in [5.74, 6) is -0.159. The van der Waals surface area contributed by atoms with Crippen LogP contribution in [0.4, 0.5) is 4.39 Å². The first-order chi connectivity index (χ1) is 8.16. The van der Waals surface area contributed by atoms with Gasteiger partial charge in [0.25, 0.3) is 0 Å². The summed E-state index contributed by atoms with van der Waals surface area (Å²) in [7, 11) is 0. The molecule has 0 aromatic heterocycles. The van der Waals surface area contributed by atoms with Crippen LogP contribution in [0.1, 0.15) is 37.9 Å². The minimum Gasteiger partial charge on any atom is -0.483 e. The lowest BCUT2D eigenvalue weighted by Gasteiger charge is -2.19. The van der Waals surface area contributed by atoms with Gasteiger partial charge in [-0.1, -0.05) is 12.1 Å². The number of hydrogen-bond donors (Lipinski definition) is 1. The third-order valence-corrected chi connectivity index (χ3v) is 2.93. The molecule has 0 aliphatic heterocycles. The van der Waals surface area contributed by atoms with Gasteiger partial charge in [0.05, 0.1) is 6.10 Å². The summed E-state index contributed by atoms with van der Waals surface area (Å²) in [5.41, 5.74) is 0.564. The summed E-state index contributed by atoms with van der Waals surface area (Å²) in [6.45, 7) is 1.61. The first kappa shape index (κ1) is 12.1. The summed E-state index contributed by atoms with van der Waals surface area (Å²) < 4.78 is 19.3. The molecule has 1 N–H and O–H groups in total. The van der Waals surface area contributed by atoms with Crippen LogP contribution in [-0.2, 0) is 0 Å². The third kappa shape index (κ3) is 3.07. The van der Waals surface area contributed by atoms with Gasteiger partial charge in [0.1, 0.15) is 6.10 Å². The van der Waals surface area contributed by atoms with Gasteiger partial charge in [0, 0.05) is 0 Å². The number of allylic oxidation sites excluding steroid dienone is 1. The van der Waals surface area contributed by atoms with Crippen molar-refractivity contribution in [2.24, 2.45) is 0 Å². The highest BCUT2D eigenvalue weighted by molar-refractivity contribution is 5.30. The molecule has 2 nitrogen and oxygen atoms in total. The van der Waals surface area contributed by atoms with Crippen LogP contribution >= 0.6 is 0 Å². The molecule has 0 bridgehead atoms. The summed E-state index contributed by atoms with van der Waals surface area (Å²) in [4.78, 5) is 0. The van der Waals surface area contributed by atoms with Gasteiger partial charge in [-0.15, -0.1) is 0 Å². The standard InChI is InChI=1S/C14H17FO2/c1-10(16)11-7-8-14(13(15)9-11)17-12-5-3-2-4-6-12/h3,5,7-10,12,16H,2,4,6H2,1H3/t10-,12?/m0/s1. The van der Waals surface area contributed by atoms with E-state index in [0.29, 0.717) is 5.56 Å². The van der Waals surface area contributed by atoms with Gasteiger partial charge in [0.15, 0.2) is 11.6 Å². The highest BCUT2D eigenvalue weighted by atomic mass is 19.1. The minimum atomic E-state index is -0.659. The SMILES string of the molecule is C[C@H](O)c1ccc(OC2C=CCCC2)c(F)c1. The van der Waals surface area contributed by atoms with Crippen LogP contribution in [0.25, 0.3) is 0 Å². The normalized spacial score (nSPS) is 21.2. The first-order valence-corrected chi connectivity index (χ1v) is 5.97. The number of halogens is 1. The van der Waals surface area contributed by atoms with Gasteiger partial charge >= 0.3 is 0 Å². The quantitative estimate of drug-likeness (QED) is 0.815. The lowest BCUT2D eigenvalue weighted by atomic mass is 10.1. The van der Waals surface area contributed by atoms with Gasteiger partial charge in [-0.05, 0) is 50.0 Å². The van der Waals surface area contributed by atoms with Crippen LogP contribution < -0.4 is 4.74 Å². The van der Waals surface area contributed by atoms with Gasteiger partial charge in [-0.2, -0.15) is 0 Å². The fraction of sp³-hybridized carbons (Fsp3) is 0.429. The van der Waals surface area contributed by atoms with Gasteiger partial charge in [0.2, 0.25) is 0 Å². The molecule has 0 radical (unpaired) electrons. The molecular weight excluding hydrogens is 219 g/mol. The zero-order valence-corrected chi connectivity index (χ0v) is 9.90. The molecule has 1 aromatic carbocycles. The molecule has 3 heteroatoms. The number of aliphatic hydroxyl groups is 1. The highest BCUT2D eigenvalue weighted by Crippen LogP contribution is 2.25. The van der Waals surface area contributed by atoms with E-state index in [1.165, 1.54) is 6.07 Å². The molecule has 1 aromatic rings. The molecule has 0 spiro atoms. The van der Waals surface area contributed by atoms with E-state index >= 15 is 0 Å². The molecule has 0 heterocycles. The molecule has 2 rings (SSSR count). The number of hydrogen-bond acceptors (Lipinski definition) is 2. The van der Waals surface area contributed by atoms with Crippen molar-refractivity contribution in [3.63, 3.8) is 0 Å². The highest BCUT2D eigenvalue weighted by Gasteiger charge is 2.13. The van der Waals surface area contributed by atoms with Gasteiger partial charge in [-0.3, -0.25) is 0 Å². The Balaban J connectivity index is 2.10. The van der Waals surface area contributed by atoms with Crippen LogP contribution in [0.2, 0.25) is 0 Å². The smallest absolute Gasteiger partial charge is 0.165 e. The zero-order valence-electron chi connectivity index (χ0n) is 9.90. The van der Waals surface area contributed by atoms with Gasteiger partial charge in [-0.25, -0.2) is 4.39 Å². The fourth-order valence-corrected chi connectivity index (χ4v) is 1.91. The van der Waals surface area contributed by atoms with E-state index in [-0.39, 0.29) is 11.9 Å². The molecule has 0 amide bonds. The minimum absolute atomic E-state index is 0.0318. The molecule has 0 saturated carbocycles. The number of aliphatic hydroxyl groups excluding tert-OH is 1. The van der Waals surface area contributed by atoms with E-state index in [4.69, 9.17) is 4.74 Å². The second-order valence-corrected chi connectivity index (χ2v) is 4.38. The first-order valence-electron chi connectivity index (χ1n) is 5.97. The monoisotopic (exact) mass is 236 g/mol. The molecule has 92 valence electrons. The predicted molar refractivity (Wildman–Crippen MR) is 64.4 cm³/mol. The number of rotatable bonds is 3. The van der Waals surface area contributed by atoms with Crippen molar-refractivity contribution in [1.29, 1.82) is 0 Å². The lowest BCUT2D eigenvalue weighted by Crippen LogP contribution is -2.16. The average molecular weight is 236 g/mol. The molecule has 17 heavy (non-hydrogen) atoms. The van der Waals surface area contributed by atoms with E-state index < -0.39 is 11.9 Å². The van der Waals surface area contributed by atoms with Crippen LogP contribution in [0.15, 0.2) is 30.4 Å². The summed E-state index contributed by atoms with van der Waals surface area (Å²) in [6, 6.07) is 4.60. The molecule has 1 unspecified atom stereocenters. The Bertz CT molecular complexity index is 413. The number of benzene rings is 1. The number of ether oxygens (including phenoxy) is 1. The van der Waals surface area contributed by atoms with Crippen LogP contribution in [0, 0.1) is 5.82 Å². The maximum Gasteiger partial charge on any atom is 0.165 e. The van der Waals surface area contributed by atoms with Crippen molar-refractivity contribution >= 4 is 0 Å². The summed E-state index contributed by atoms with van der Waals surface area (Å²) in [5, 5.41) is 9.34. The Morgan fingerprint density at radius 1 is 1.47 bits per heavy atom. The maximum absolute atomic E-state index is 13.7. The Kier molecular flexibility index (Phi) is 3.79.